The molecule has 0 aliphatic rings. The van der Waals surface area contributed by atoms with E-state index in [1.807, 2.05) is 31.2 Å². The highest BCUT2D eigenvalue weighted by Gasteiger charge is 2.25. The van der Waals surface area contributed by atoms with Crippen molar-refractivity contribution in [1.29, 1.82) is 0 Å². The number of aryl methyl sites for hydroxylation is 1. The summed E-state index contributed by atoms with van der Waals surface area (Å²) in [6.45, 7) is 5.06. The number of methoxy groups -OCH3 is 2. The molecule has 2 aromatic rings. The first kappa shape index (κ1) is 15.4. The first-order valence-electron chi connectivity index (χ1n) is 7.21. The van der Waals surface area contributed by atoms with Crippen LogP contribution >= 0.6 is 0 Å². The van der Waals surface area contributed by atoms with Gasteiger partial charge >= 0.3 is 0 Å². The summed E-state index contributed by atoms with van der Waals surface area (Å²) < 4.78 is 16.8. The fourth-order valence-electron chi connectivity index (χ4n) is 2.46. The smallest absolute Gasteiger partial charge is 0.128 e. The van der Waals surface area contributed by atoms with Crippen LogP contribution in [0, 0.1) is 6.92 Å². The molecule has 1 atom stereocenters. The van der Waals surface area contributed by atoms with Gasteiger partial charge in [0.05, 0.1) is 32.1 Å². The van der Waals surface area contributed by atoms with Gasteiger partial charge in [-0.05, 0) is 43.7 Å². The van der Waals surface area contributed by atoms with Gasteiger partial charge < -0.3 is 19.2 Å². The van der Waals surface area contributed by atoms with Crippen molar-refractivity contribution >= 4 is 0 Å². The standard InChI is InChI=1S/C17H23NO3/c1-5-10-18-16(17-12(2)9-11-21-17)15-13(19-3)7-6-8-14(15)20-4/h6-9,11,16,18H,5,10H2,1-4H3. The van der Waals surface area contributed by atoms with Gasteiger partial charge in [-0.15, -0.1) is 0 Å². The maximum absolute atomic E-state index is 5.70. The van der Waals surface area contributed by atoms with Gasteiger partial charge in [-0.2, -0.15) is 0 Å². The van der Waals surface area contributed by atoms with Crippen LogP contribution in [0.5, 0.6) is 11.5 Å². The monoisotopic (exact) mass is 289 g/mol. The van der Waals surface area contributed by atoms with E-state index in [1.165, 1.54) is 0 Å². The summed E-state index contributed by atoms with van der Waals surface area (Å²) in [5.41, 5.74) is 2.07. The van der Waals surface area contributed by atoms with Crippen molar-refractivity contribution in [3.8, 4) is 11.5 Å². The highest BCUT2D eigenvalue weighted by molar-refractivity contribution is 5.50. The molecular weight excluding hydrogens is 266 g/mol. The molecule has 0 spiro atoms. The molecule has 1 unspecified atom stereocenters. The molecule has 0 aliphatic heterocycles. The van der Waals surface area contributed by atoms with Crippen LogP contribution in [0.25, 0.3) is 0 Å². The summed E-state index contributed by atoms with van der Waals surface area (Å²) in [5, 5.41) is 3.52. The van der Waals surface area contributed by atoms with E-state index in [-0.39, 0.29) is 6.04 Å². The van der Waals surface area contributed by atoms with Crippen molar-refractivity contribution in [1.82, 2.24) is 5.32 Å². The van der Waals surface area contributed by atoms with Crippen LogP contribution in [0.2, 0.25) is 0 Å². The summed E-state index contributed by atoms with van der Waals surface area (Å²) in [6, 6.07) is 7.68. The molecular formula is C17H23NO3. The normalized spacial score (nSPS) is 12.2. The molecule has 0 saturated heterocycles. The van der Waals surface area contributed by atoms with Crippen LogP contribution in [-0.2, 0) is 0 Å². The molecule has 1 heterocycles. The molecule has 0 radical (unpaired) electrons. The molecule has 2 rings (SSSR count). The maximum atomic E-state index is 5.70. The highest BCUT2D eigenvalue weighted by Crippen LogP contribution is 2.38. The molecule has 0 amide bonds. The number of furan rings is 1. The van der Waals surface area contributed by atoms with Crippen LogP contribution in [0.1, 0.15) is 36.3 Å². The second-order valence-electron chi connectivity index (χ2n) is 4.93. The third-order valence-electron chi connectivity index (χ3n) is 3.52. The molecule has 0 aliphatic carbocycles. The van der Waals surface area contributed by atoms with E-state index in [1.54, 1.807) is 20.5 Å². The van der Waals surface area contributed by atoms with Gasteiger partial charge in [0.2, 0.25) is 0 Å². The maximum Gasteiger partial charge on any atom is 0.128 e. The van der Waals surface area contributed by atoms with Crippen LogP contribution < -0.4 is 14.8 Å². The fourth-order valence-corrected chi connectivity index (χ4v) is 2.46. The minimum atomic E-state index is -0.0916. The molecule has 4 nitrogen and oxygen atoms in total. The van der Waals surface area contributed by atoms with Crippen LogP contribution in [0.3, 0.4) is 0 Å². The topological polar surface area (TPSA) is 43.6 Å². The van der Waals surface area contributed by atoms with Gasteiger partial charge in [0, 0.05) is 0 Å². The van der Waals surface area contributed by atoms with Crippen molar-refractivity contribution in [3.63, 3.8) is 0 Å². The Kier molecular flexibility index (Phi) is 5.28. The van der Waals surface area contributed by atoms with E-state index >= 15 is 0 Å². The van der Waals surface area contributed by atoms with Crippen LogP contribution in [-0.4, -0.2) is 20.8 Å². The molecule has 21 heavy (non-hydrogen) atoms. The van der Waals surface area contributed by atoms with Gasteiger partial charge in [0.1, 0.15) is 17.3 Å². The Morgan fingerprint density at radius 1 is 1.14 bits per heavy atom. The zero-order chi connectivity index (χ0) is 15.2. The van der Waals surface area contributed by atoms with E-state index in [4.69, 9.17) is 13.9 Å². The third kappa shape index (κ3) is 3.22. The molecule has 4 heteroatoms. The first-order chi connectivity index (χ1) is 10.2. The van der Waals surface area contributed by atoms with Gasteiger partial charge in [-0.25, -0.2) is 0 Å². The van der Waals surface area contributed by atoms with Crippen molar-refractivity contribution < 1.29 is 13.9 Å². The number of rotatable bonds is 7. The fraction of sp³-hybridized carbons (Fsp3) is 0.412. The minimum Gasteiger partial charge on any atom is -0.496 e. The molecule has 114 valence electrons. The SMILES string of the molecule is CCCNC(c1occc1C)c1c(OC)cccc1OC. The van der Waals surface area contributed by atoms with E-state index in [0.717, 1.165) is 41.4 Å². The summed E-state index contributed by atoms with van der Waals surface area (Å²) in [5.74, 6) is 2.48. The minimum absolute atomic E-state index is 0.0916. The molecule has 0 saturated carbocycles. The number of hydrogen-bond donors (Lipinski definition) is 1. The average molecular weight is 289 g/mol. The Labute approximate surface area is 126 Å². The van der Waals surface area contributed by atoms with Crippen molar-refractivity contribution in [2.24, 2.45) is 0 Å². The first-order valence-corrected chi connectivity index (χ1v) is 7.21. The van der Waals surface area contributed by atoms with Crippen molar-refractivity contribution in [2.45, 2.75) is 26.3 Å². The summed E-state index contributed by atoms with van der Waals surface area (Å²) in [7, 11) is 3.34. The van der Waals surface area contributed by atoms with Gasteiger partial charge in [-0.1, -0.05) is 13.0 Å². The third-order valence-corrected chi connectivity index (χ3v) is 3.52. The predicted molar refractivity (Wildman–Crippen MR) is 83.1 cm³/mol. The lowest BCUT2D eigenvalue weighted by atomic mass is 9.99. The Bertz CT molecular complexity index is 555. The lowest BCUT2D eigenvalue weighted by Crippen LogP contribution is -2.24. The molecule has 1 N–H and O–H groups in total. The summed E-state index contributed by atoms with van der Waals surface area (Å²) in [6.07, 6.45) is 2.75. The number of ether oxygens (including phenoxy) is 2. The molecule has 0 fully saturated rings. The summed E-state index contributed by atoms with van der Waals surface area (Å²) >= 11 is 0. The summed E-state index contributed by atoms with van der Waals surface area (Å²) in [4.78, 5) is 0. The van der Waals surface area contributed by atoms with Gasteiger partial charge in [0.15, 0.2) is 0 Å². The molecule has 1 aromatic heterocycles. The zero-order valence-corrected chi connectivity index (χ0v) is 13.1. The van der Waals surface area contributed by atoms with E-state index in [9.17, 15) is 0 Å². The van der Waals surface area contributed by atoms with Crippen LogP contribution in [0.15, 0.2) is 34.9 Å². The Hall–Kier alpha value is -1.94. The second-order valence-corrected chi connectivity index (χ2v) is 4.93. The van der Waals surface area contributed by atoms with E-state index in [2.05, 4.69) is 12.2 Å². The highest BCUT2D eigenvalue weighted by atomic mass is 16.5. The molecule has 1 aromatic carbocycles. The quantitative estimate of drug-likeness (QED) is 0.844. The Balaban J connectivity index is 2.53. The Morgan fingerprint density at radius 3 is 2.29 bits per heavy atom. The van der Waals surface area contributed by atoms with Crippen LogP contribution in [0.4, 0.5) is 0 Å². The lowest BCUT2D eigenvalue weighted by molar-refractivity contribution is 0.365. The molecule has 0 bridgehead atoms. The van der Waals surface area contributed by atoms with E-state index < -0.39 is 0 Å². The predicted octanol–water partition coefficient (Wildman–Crippen LogP) is 3.69. The number of hydrogen-bond acceptors (Lipinski definition) is 4. The Morgan fingerprint density at radius 2 is 1.81 bits per heavy atom. The number of nitrogens with one attached hydrogen (secondary N) is 1. The average Bonchev–Trinajstić information content (AvgIpc) is 2.93. The largest absolute Gasteiger partial charge is 0.496 e. The zero-order valence-electron chi connectivity index (χ0n) is 13.1. The van der Waals surface area contributed by atoms with E-state index in [0.29, 0.717) is 0 Å². The van der Waals surface area contributed by atoms with Crippen molar-refractivity contribution in [2.75, 3.05) is 20.8 Å². The van der Waals surface area contributed by atoms with Crippen molar-refractivity contribution in [3.05, 3.63) is 47.4 Å². The van der Waals surface area contributed by atoms with Gasteiger partial charge in [-0.3, -0.25) is 0 Å². The number of benzene rings is 1. The second kappa shape index (κ2) is 7.18. The lowest BCUT2D eigenvalue weighted by Gasteiger charge is -2.22. The van der Waals surface area contributed by atoms with Gasteiger partial charge in [0.25, 0.3) is 0 Å².